The van der Waals surface area contributed by atoms with E-state index in [9.17, 15) is 14.9 Å². The van der Waals surface area contributed by atoms with E-state index in [2.05, 4.69) is 15.5 Å². The normalized spacial score (nSPS) is 10.7. The fraction of sp³-hybridized carbons (Fsp3) is 0.188. The van der Waals surface area contributed by atoms with Gasteiger partial charge in [-0.25, -0.2) is 0 Å². The van der Waals surface area contributed by atoms with Crippen LogP contribution in [0, 0.1) is 17.0 Å². The summed E-state index contributed by atoms with van der Waals surface area (Å²) in [5.41, 5.74) is 1.48. The second-order valence-electron chi connectivity index (χ2n) is 5.63. The number of nitro groups is 1. The summed E-state index contributed by atoms with van der Waals surface area (Å²) < 4.78 is 2.72. The Morgan fingerprint density at radius 3 is 2.69 bits per heavy atom. The highest BCUT2D eigenvalue weighted by Gasteiger charge is 2.19. The summed E-state index contributed by atoms with van der Waals surface area (Å²) in [6, 6.07) is 10.3. The van der Waals surface area contributed by atoms with Crippen LogP contribution < -0.4 is 5.32 Å². The Morgan fingerprint density at radius 2 is 2.00 bits per heavy atom. The minimum Gasteiger partial charge on any atom is -0.358 e. The minimum atomic E-state index is -0.575. The van der Waals surface area contributed by atoms with Crippen LogP contribution in [0.3, 0.4) is 0 Å². The molecule has 26 heavy (non-hydrogen) atoms. The Morgan fingerprint density at radius 1 is 1.27 bits per heavy atom. The molecule has 0 aliphatic heterocycles. The summed E-state index contributed by atoms with van der Waals surface area (Å²) in [7, 11) is 0. The third kappa shape index (κ3) is 4.25. The molecule has 0 radical (unpaired) electrons. The molecule has 1 N–H and O–H groups in total. The zero-order chi connectivity index (χ0) is 18.7. The number of halogens is 1. The van der Waals surface area contributed by atoms with Gasteiger partial charge in [-0.3, -0.25) is 9.48 Å². The molecule has 134 valence electrons. The van der Waals surface area contributed by atoms with E-state index in [4.69, 9.17) is 11.6 Å². The quantitative estimate of drug-likeness (QED) is 0.527. The molecule has 9 nitrogen and oxygen atoms in total. The van der Waals surface area contributed by atoms with Crippen LogP contribution in [0.5, 0.6) is 0 Å². The van der Waals surface area contributed by atoms with Gasteiger partial charge in [0.05, 0.1) is 18.3 Å². The molecule has 3 rings (SSSR count). The van der Waals surface area contributed by atoms with E-state index in [1.165, 1.54) is 6.07 Å². The zero-order valence-corrected chi connectivity index (χ0v) is 14.6. The van der Waals surface area contributed by atoms with Crippen molar-refractivity contribution in [3.8, 4) is 0 Å². The largest absolute Gasteiger partial charge is 0.358 e. The maximum atomic E-state index is 12.1. The van der Waals surface area contributed by atoms with Crippen LogP contribution in [-0.2, 0) is 17.9 Å². The van der Waals surface area contributed by atoms with Gasteiger partial charge in [0.1, 0.15) is 0 Å². The van der Waals surface area contributed by atoms with Crippen molar-refractivity contribution in [2.75, 3.05) is 5.32 Å². The number of carbonyl (C=O) groups is 1. The molecule has 1 amide bonds. The van der Waals surface area contributed by atoms with Crippen molar-refractivity contribution >= 4 is 29.1 Å². The Kier molecular flexibility index (Phi) is 4.99. The predicted molar refractivity (Wildman–Crippen MR) is 95.0 cm³/mol. The third-order valence-electron chi connectivity index (χ3n) is 3.53. The zero-order valence-electron chi connectivity index (χ0n) is 13.8. The molecule has 0 saturated carbocycles. The van der Waals surface area contributed by atoms with Crippen LogP contribution in [0.4, 0.5) is 11.6 Å². The van der Waals surface area contributed by atoms with Crippen LogP contribution in [-0.4, -0.2) is 30.4 Å². The first kappa shape index (κ1) is 17.6. The molecular formula is C16H15ClN6O3. The van der Waals surface area contributed by atoms with Crippen molar-refractivity contribution in [3.05, 3.63) is 69.0 Å². The van der Waals surface area contributed by atoms with Gasteiger partial charge in [0.15, 0.2) is 12.4 Å². The standard InChI is InChI=1S/C16H15ClN6O3/c1-11-8-16(23(25)26)22(19-11)10-15(24)18-14-6-7-21(20-14)9-12-2-4-13(17)5-3-12/h2-8H,9-10H2,1H3,(H,18,20,24). The number of amides is 1. The molecule has 1 aromatic carbocycles. The van der Waals surface area contributed by atoms with Crippen LogP contribution >= 0.6 is 11.6 Å². The number of nitrogens with one attached hydrogen (secondary N) is 1. The molecule has 0 spiro atoms. The summed E-state index contributed by atoms with van der Waals surface area (Å²) in [4.78, 5) is 22.5. The molecule has 2 aromatic heterocycles. The van der Waals surface area contributed by atoms with Crippen molar-refractivity contribution in [2.24, 2.45) is 0 Å². The van der Waals surface area contributed by atoms with Gasteiger partial charge < -0.3 is 15.4 Å². The number of nitrogens with zero attached hydrogens (tertiary/aromatic N) is 5. The molecule has 10 heteroatoms. The van der Waals surface area contributed by atoms with E-state index in [0.29, 0.717) is 23.1 Å². The van der Waals surface area contributed by atoms with Crippen molar-refractivity contribution in [1.29, 1.82) is 0 Å². The first-order valence-electron chi connectivity index (χ1n) is 7.67. The first-order chi connectivity index (χ1) is 12.4. The number of aryl methyl sites for hydroxylation is 1. The van der Waals surface area contributed by atoms with Gasteiger partial charge in [-0.1, -0.05) is 28.8 Å². The van der Waals surface area contributed by atoms with Crippen molar-refractivity contribution < 1.29 is 9.72 Å². The smallest absolute Gasteiger partial charge is 0.345 e. The van der Waals surface area contributed by atoms with Gasteiger partial charge in [0, 0.05) is 17.3 Å². The maximum absolute atomic E-state index is 12.1. The van der Waals surface area contributed by atoms with E-state index in [1.54, 1.807) is 36.0 Å². The summed E-state index contributed by atoms with van der Waals surface area (Å²) >= 11 is 5.86. The van der Waals surface area contributed by atoms with Gasteiger partial charge >= 0.3 is 5.82 Å². The fourth-order valence-electron chi connectivity index (χ4n) is 2.41. The van der Waals surface area contributed by atoms with Crippen molar-refractivity contribution in [2.45, 2.75) is 20.0 Å². The van der Waals surface area contributed by atoms with Gasteiger partial charge in [0.2, 0.25) is 0 Å². The number of benzene rings is 1. The van der Waals surface area contributed by atoms with E-state index in [-0.39, 0.29) is 12.4 Å². The topological polar surface area (TPSA) is 108 Å². The number of hydrogen-bond donors (Lipinski definition) is 1. The SMILES string of the molecule is Cc1cc([N+](=O)[O-])n(CC(=O)Nc2ccn(Cc3ccc(Cl)cc3)n2)n1. The maximum Gasteiger partial charge on any atom is 0.345 e. The second-order valence-corrected chi connectivity index (χ2v) is 6.07. The monoisotopic (exact) mass is 374 g/mol. The van der Waals surface area contributed by atoms with Gasteiger partial charge in [-0.15, -0.1) is 4.68 Å². The molecule has 0 bridgehead atoms. The van der Waals surface area contributed by atoms with Crippen LogP contribution in [0.2, 0.25) is 5.02 Å². The highest BCUT2D eigenvalue weighted by atomic mass is 35.5. The van der Waals surface area contributed by atoms with Crippen LogP contribution in [0.25, 0.3) is 0 Å². The molecule has 0 saturated heterocycles. The summed E-state index contributed by atoms with van der Waals surface area (Å²) in [5.74, 6) is -0.325. The van der Waals surface area contributed by atoms with Crippen molar-refractivity contribution in [1.82, 2.24) is 19.6 Å². The van der Waals surface area contributed by atoms with Gasteiger partial charge in [0.25, 0.3) is 5.91 Å². The highest BCUT2D eigenvalue weighted by molar-refractivity contribution is 6.30. The fourth-order valence-corrected chi connectivity index (χ4v) is 2.53. The summed E-state index contributed by atoms with van der Waals surface area (Å²) in [6.45, 7) is 1.88. The lowest BCUT2D eigenvalue weighted by atomic mass is 10.2. The van der Waals surface area contributed by atoms with E-state index < -0.39 is 10.8 Å². The van der Waals surface area contributed by atoms with Crippen molar-refractivity contribution in [3.63, 3.8) is 0 Å². The van der Waals surface area contributed by atoms with E-state index in [1.807, 2.05) is 12.1 Å². The van der Waals surface area contributed by atoms with Crippen LogP contribution in [0.1, 0.15) is 11.3 Å². The molecule has 2 heterocycles. The molecule has 0 atom stereocenters. The first-order valence-corrected chi connectivity index (χ1v) is 8.05. The number of rotatable bonds is 6. The van der Waals surface area contributed by atoms with Gasteiger partial charge in [-0.2, -0.15) is 5.10 Å². The molecule has 3 aromatic rings. The average Bonchev–Trinajstić information content (AvgIpc) is 3.16. The Balaban J connectivity index is 1.63. The van der Waals surface area contributed by atoms with Gasteiger partial charge in [-0.05, 0) is 29.5 Å². The number of hydrogen-bond acceptors (Lipinski definition) is 5. The molecule has 0 fully saturated rings. The molecule has 0 unspecified atom stereocenters. The lowest BCUT2D eigenvalue weighted by Crippen LogP contribution is -2.21. The van der Waals surface area contributed by atoms with Crippen LogP contribution in [0.15, 0.2) is 42.6 Å². The van der Waals surface area contributed by atoms with E-state index in [0.717, 1.165) is 10.2 Å². The third-order valence-corrected chi connectivity index (χ3v) is 3.78. The minimum absolute atomic E-state index is 0.231. The van der Waals surface area contributed by atoms with E-state index >= 15 is 0 Å². The Bertz CT molecular complexity index is 947. The summed E-state index contributed by atoms with van der Waals surface area (Å²) in [6.07, 6.45) is 1.73. The molecule has 0 aliphatic carbocycles. The second kappa shape index (κ2) is 7.36. The lowest BCUT2D eigenvalue weighted by Gasteiger charge is -2.03. The predicted octanol–water partition coefficient (Wildman–Crippen LogP) is 2.64. The highest BCUT2D eigenvalue weighted by Crippen LogP contribution is 2.14. The lowest BCUT2D eigenvalue weighted by molar-refractivity contribution is -0.392. The number of anilines is 1. The Labute approximate surface area is 153 Å². The number of aromatic nitrogens is 4. The number of carbonyl (C=O) groups excluding carboxylic acids is 1. The summed E-state index contributed by atoms with van der Waals surface area (Å²) in [5, 5.41) is 22.4. The molecule has 0 aliphatic rings. The average molecular weight is 375 g/mol. The molecular weight excluding hydrogens is 360 g/mol. The Hall–Kier alpha value is -3.20.